The molecule has 16 heavy (non-hydrogen) atoms. The molecule has 0 aromatic carbocycles. The Morgan fingerprint density at radius 3 is 2.94 bits per heavy atom. The molecule has 1 aromatic heterocycles. The number of carboxylic acids is 1. The molecular formula is C9H14N4O3. The Bertz CT molecular complexity index is 359. The molecule has 1 aromatic rings. The molecule has 2 heterocycles. The van der Waals surface area contributed by atoms with Crippen LogP contribution in [0.15, 0.2) is 0 Å². The van der Waals surface area contributed by atoms with E-state index in [1.54, 1.807) is 0 Å². The molecule has 0 radical (unpaired) electrons. The Hall–Kier alpha value is -1.63. The highest BCUT2D eigenvalue weighted by Crippen LogP contribution is 2.09. The molecule has 88 valence electrons. The number of anilines is 1. The zero-order valence-corrected chi connectivity index (χ0v) is 8.85. The van der Waals surface area contributed by atoms with Gasteiger partial charge in [0.25, 0.3) is 0 Å². The Morgan fingerprint density at radius 1 is 1.50 bits per heavy atom. The van der Waals surface area contributed by atoms with Crippen LogP contribution in [0.2, 0.25) is 0 Å². The van der Waals surface area contributed by atoms with Crippen LogP contribution in [-0.2, 0) is 16.0 Å². The maximum atomic E-state index is 10.4. The van der Waals surface area contributed by atoms with Crippen LogP contribution in [-0.4, -0.2) is 52.6 Å². The fourth-order valence-corrected chi connectivity index (χ4v) is 1.53. The van der Waals surface area contributed by atoms with Crippen molar-refractivity contribution >= 4 is 11.9 Å². The molecule has 0 atom stereocenters. The molecule has 1 aliphatic heterocycles. The van der Waals surface area contributed by atoms with Crippen LogP contribution in [0.1, 0.15) is 12.2 Å². The number of morpholine rings is 1. The van der Waals surface area contributed by atoms with E-state index in [1.807, 2.05) is 4.90 Å². The predicted molar refractivity (Wildman–Crippen MR) is 55.4 cm³/mol. The van der Waals surface area contributed by atoms with Gasteiger partial charge in [0.2, 0.25) is 5.95 Å². The Balaban J connectivity index is 1.93. The molecule has 0 spiro atoms. The van der Waals surface area contributed by atoms with Gasteiger partial charge < -0.3 is 14.7 Å². The van der Waals surface area contributed by atoms with Crippen molar-refractivity contribution in [1.29, 1.82) is 0 Å². The second-order valence-electron chi connectivity index (χ2n) is 3.58. The highest BCUT2D eigenvalue weighted by Gasteiger charge is 2.15. The van der Waals surface area contributed by atoms with Crippen LogP contribution in [0.4, 0.5) is 5.95 Å². The van der Waals surface area contributed by atoms with E-state index in [0.717, 1.165) is 13.1 Å². The second kappa shape index (κ2) is 4.93. The first kappa shape index (κ1) is 10.9. The summed E-state index contributed by atoms with van der Waals surface area (Å²) in [5, 5.41) is 15.4. The smallest absolute Gasteiger partial charge is 0.303 e. The lowest BCUT2D eigenvalue weighted by Crippen LogP contribution is -2.36. The summed E-state index contributed by atoms with van der Waals surface area (Å²) in [7, 11) is 0. The topological polar surface area (TPSA) is 91.3 Å². The standard InChI is InChI=1S/C9H14N4O3/c14-8(15)2-1-7-10-9(12-11-7)13-3-5-16-6-4-13/h1-6H2,(H,14,15)(H,10,11,12). The summed E-state index contributed by atoms with van der Waals surface area (Å²) < 4.78 is 5.22. The number of carbonyl (C=O) groups is 1. The molecule has 2 rings (SSSR count). The van der Waals surface area contributed by atoms with Crippen molar-refractivity contribution in [3.05, 3.63) is 5.82 Å². The van der Waals surface area contributed by atoms with Crippen LogP contribution >= 0.6 is 0 Å². The Morgan fingerprint density at radius 2 is 2.25 bits per heavy atom. The van der Waals surface area contributed by atoms with Crippen LogP contribution in [0.3, 0.4) is 0 Å². The van der Waals surface area contributed by atoms with Crippen molar-refractivity contribution in [2.45, 2.75) is 12.8 Å². The van der Waals surface area contributed by atoms with Gasteiger partial charge in [-0.1, -0.05) is 0 Å². The number of rotatable bonds is 4. The van der Waals surface area contributed by atoms with Crippen molar-refractivity contribution in [3.8, 4) is 0 Å². The maximum Gasteiger partial charge on any atom is 0.303 e. The third-order valence-corrected chi connectivity index (χ3v) is 2.39. The number of ether oxygens (including phenoxy) is 1. The molecule has 7 nitrogen and oxygen atoms in total. The van der Waals surface area contributed by atoms with E-state index in [2.05, 4.69) is 15.2 Å². The van der Waals surface area contributed by atoms with Gasteiger partial charge in [-0.15, -0.1) is 5.10 Å². The summed E-state index contributed by atoms with van der Waals surface area (Å²) >= 11 is 0. The minimum atomic E-state index is -0.829. The Labute approximate surface area is 92.4 Å². The zero-order chi connectivity index (χ0) is 11.4. The quantitative estimate of drug-likeness (QED) is 0.729. The molecule has 1 saturated heterocycles. The van der Waals surface area contributed by atoms with Crippen molar-refractivity contribution < 1.29 is 14.6 Å². The van der Waals surface area contributed by atoms with Crippen LogP contribution < -0.4 is 4.90 Å². The van der Waals surface area contributed by atoms with Gasteiger partial charge in [0.1, 0.15) is 5.82 Å². The third kappa shape index (κ3) is 2.69. The molecule has 1 aliphatic rings. The summed E-state index contributed by atoms with van der Waals surface area (Å²) in [5.41, 5.74) is 0. The first-order valence-electron chi connectivity index (χ1n) is 5.21. The number of carboxylic acid groups (broad SMARTS) is 1. The number of H-pyrrole nitrogens is 1. The van der Waals surface area contributed by atoms with Crippen LogP contribution in [0.5, 0.6) is 0 Å². The molecule has 0 bridgehead atoms. The fourth-order valence-electron chi connectivity index (χ4n) is 1.53. The predicted octanol–water partition coefficient (Wildman–Crippen LogP) is -0.341. The molecule has 0 amide bonds. The van der Waals surface area contributed by atoms with Gasteiger partial charge in [0, 0.05) is 19.5 Å². The van der Waals surface area contributed by atoms with Gasteiger partial charge in [-0.25, -0.2) is 0 Å². The molecule has 0 unspecified atom stereocenters. The van der Waals surface area contributed by atoms with E-state index in [0.29, 0.717) is 31.4 Å². The van der Waals surface area contributed by atoms with Gasteiger partial charge in [-0.2, -0.15) is 4.98 Å². The minimum Gasteiger partial charge on any atom is -0.481 e. The van der Waals surface area contributed by atoms with Gasteiger partial charge in [-0.3, -0.25) is 9.89 Å². The summed E-state index contributed by atoms with van der Waals surface area (Å²) in [6, 6.07) is 0. The zero-order valence-electron chi connectivity index (χ0n) is 8.85. The summed E-state index contributed by atoms with van der Waals surface area (Å²) in [6.45, 7) is 2.91. The van der Waals surface area contributed by atoms with Crippen LogP contribution in [0, 0.1) is 0 Å². The van der Waals surface area contributed by atoms with Crippen molar-refractivity contribution in [3.63, 3.8) is 0 Å². The third-order valence-electron chi connectivity index (χ3n) is 2.39. The fraction of sp³-hybridized carbons (Fsp3) is 0.667. The summed E-state index contributed by atoms with van der Waals surface area (Å²) in [5.74, 6) is 0.414. The molecule has 7 heteroatoms. The van der Waals surface area contributed by atoms with Gasteiger partial charge >= 0.3 is 5.97 Å². The van der Waals surface area contributed by atoms with Crippen molar-refractivity contribution in [2.75, 3.05) is 31.2 Å². The largest absolute Gasteiger partial charge is 0.481 e. The van der Waals surface area contributed by atoms with Crippen molar-refractivity contribution in [1.82, 2.24) is 15.2 Å². The lowest BCUT2D eigenvalue weighted by molar-refractivity contribution is -0.137. The first-order chi connectivity index (χ1) is 7.75. The number of nitrogens with zero attached hydrogens (tertiary/aromatic N) is 3. The lowest BCUT2D eigenvalue weighted by Gasteiger charge is -2.25. The average Bonchev–Trinajstić information content (AvgIpc) is 2.76. The van der Waals surface area contributed by atoms with E-state index in [-0.39, 0.29) is 6.42 Å². The minimum absolute atomic E-state index is 0.0672. The Kier molecular flexibility index (Phi) is 3.35. The monoisotopic (exact) mass is 226 g/mol. The van der Waals surface area contributed by atoms with Gasteiger partial charge in [0.05, 0.1) is 19.6 Å². The highest BCUT2D eigenvalue weighted by molar-refractivity contribution is 5.66. The van der Waals surface area contributed by atoms with Crippen LogP contribution in [0.25, 0.3) is 0 Å². The average molecular weight is 226 g/mol. The second-order valence-corrected chi connectivity index (χ2v) is 3.58. The molecular weight excluding hydrogens is 212 g/mol. The number of aliphatic carboxylic acids is 1. The summed E-state index contributed by atoms with van der Waals surface area (Å²) in [6.07, 6.45) is 0.449. The molecule has 0 aliphatic carbocycles. The number of hydrogen-bond acceptors (Lipinski definition) is 5. The highest BCUT2D eigenvalue weighted by atomic mass is 16.5. The normalized spacial score (nSPS) is 16.4. The van der Waals surface area contributed by atoms with E-state index >= 15 is 0 Å². The maximum absolute atomic E-state index is 10.4. The number of aromatic nitrogens is 3. The van der Waals surface area contributed by atoms with Crippen molar-refractivity contribution in [2.24, 2.45) is 0 Å². The SMILES string of the molecule is O=C(O)CCc1nc(N2CCOCC2)n[nH]1. The van der Waals surface area contributed by atoms with Gasteiger partial charge in [0.15, 0.2) is 0 Å². The van der Waals surface area contributed by atoms with E-state index < -0.39 is 5.97 Å². The molecule has 0 saturated carbocycles. The lowest BCUT2D eigenvalue weighted by atomic mass is 10.3. The number of aryl methyl sites for hydroxylation is 1. The molecule has 2 N–H and O–H groups in total. The van der Waals surface area contributed by atoms with E-state index in [9.17, 15) is 4.79 Å². The first-order valence-corrected chi connectivity index (χ1v) is 5.21. The molecule has 1 fully saturated rings. The number of aromatic amines is 1. The number of nitrogens with one attached hydrogen (secondary N) is 1. The summed E-state index contributed by atoms with van der Waals surface area (Å²) in [4.78, 5) is 16.7. The van der Waals surface area contributed by atoms with Gasteiger partial charge in [-0.05, 0) is 0 Å². The number of hydrogen-bond donors (Lipinski definition) is 2. The van der Waals surface area contributed by atoms with E-state index in [1.165, 1.54) is 0 Å². The van der Waals surface area contributed by atoms with E-state index in [4.69, 9.17) is 9.84 Å².